The van der Waals surface area contributed by atoms with Gasteiger partial charge in [-0.15, -0.1) is 0 Å². The van der Waals surface area contributed by atoms with Crippen molar-refractivity contribution >= 4 is 28.9 Å². The fraction of sp³-hybridized carbons (Fsp3) is 0.0952. The van der Waals surface area contributed by atoms with Crippen molar-refractivity contribution in [2.75, 3.05) is 17.7 Å². The van der Waals surface area contributed by atoms with Gasteiger partial charge in [0.05, 0.1) is 12.2 Å². The molecule has 1 amide bonds. The summed E-state index contributed by atoms with van der Waals surface area (Å²) in [5.41, 5.74) is 6.29. The average Bonchev–Trinajstić information content (AvgIpc) is 2.72. The first-order valence-electron chi connectivity index (χ1n) is 8.52. The molecule has 6 nitrogen and oxygen atoms in total. The van der Waals surface area contributed by atoms with Gasteiger partial charge in [0.2, 0.25) is 0 Å². The minimum Gasteiger partial charge on any atom is -0.396 e. The molecule has 0 fully saturated rings. The van der Waals surface area contributed by atoms with Gasteiger partial charge in [-0.3, -0.25) is 14.2 Å². The number of anilines is 2. The van der Waals surface area contributed by atoms with Gasteiger partial charge in [0.1, 0.15) is 11.4 Å². The number of amides is 1. The minimum absolute atomic E-state index is 0.0277. The van der Waals surface area contributed by atoms with Crippen molar-refractivity contribution in [3.8, 4) is 11.8 Å². The molecule has 3 aromatic rings. The molecule has 8 heteroatoms. The first kappa shape index (κ1) is 20.1. The Bertz CT molecular complexity index is 1180. The van der Waals surface area contributed by atoms with Crippen molar-refractivity contribution in [3.05, 3.63) is 87.3 Å². The van der Waals surface area contributed by atoms with Crippen LogP contribution in [-0.4, -0.2) is 22.5 Å². The molecule has 0 aliphatic heterocycles. The molecule has 2 heterocycles. The van der Waals surface area contributed by atoms with E-state index in [1.807, 2.05) is 18.2 Å². The molecule has 0 radical (unpaired) electrons. The van der Waals surface area contributed by atoms with Crippen LogP contribution in [0.25, 0.3) is 0 Å². The van der Waals surface area contributed by atoms with Crippen LogP contribution >= 0.6 is 11.6 Å². The Kier molecular flexibility index (Phi) is 5.96. The number of nitrogen functional groups attached to an aromatic ring is 1. The van der Waals surface area contributed by atoms with E-state index in [9.17, 15) is 14.0 Å². The van der Waals surface area contributed by atoms with E-state index < -0.39 is 5.82 Å². The topological polar surface area (TPSA) is 81.2 Å². The molecule has 0 aliphatic rings. The van der Waals surface area contributed by atoms with Gasteiger partial charge >= 0.3 is 0 Å². The number of hydrogen-bond donors (Lipinski definition) is 1. The van der Waals surface area contributed by atoms with Crippen molar-refractivity contribution < 1.29 is 9.18 Å². The fourth-order valence-electron chi connectivity index (χ4n) is 2.59. The highest BCUT2D eigenvalue weighted by atomic mass is 35.5. The van der Waals surface area contributed by atoms with E-state index in [1.54, 1.807) is 25.2 Å². The van der Waals surface area contributed by atoms with Gasteiger partial charge in [0, 0.05) is 24.9 Å². The lowest BCUT2D eigenvalue weighted by atomic mass is 10.2. The third-order valence-corrected chi connectivity index (χ3v) is 4.39. The van der Waals surface area contributed by atoms with Crippen LogP contribution in [0.4, 0.5) is 15.8 Å². The minimum atomic E-state index is -0.745. The number of rotatable bonds is 3. The van der Waals surface area contributed by atoms with E-state index in [4.69, 9.17) is 17.3 Å². The molecule has 0 bridgehead atoms. The summed E-state index contributed by atoms with van der Waals surface area (Å²) in [6.45, 7) is -0.0838. The van der Waals surface area contributed by atoms with Crippen molar-refractivity contribution in [2.45, 2.75) is 6.54 Å². The molecule has 146 valence electrons. The van der Waals surface area contributed by atoms with Crippen molar-refractivity contribution in [1.82, 2.24) is 9.55 Å². The van der Waals surface area contributed by atoms with Gasteiger partial charge < -0.3 is 10.6 Å². The van der Waals surface area contributed by atoms with Crippen LogP contribution in [-0.2, 0) is 6.54 Å². The second kappa shape index (κ2) is 8.59. The van der Waals surface area contributed by atoms with Gasteiger partial charge in [0.25, 0.3) is 11.5 Å². The summed E-state index contributed by atoms with van der Waals surface area (Å²) >= 11 is 5.65. The summed E-state index contributed by atoms with van der Waals surface area (Å²) in [6.07, 6.45) is 0. The molecule has 0 unspecified atom stereocenters. The Hall–Kier alpha value is -3.63. The molecule has 2 N–H and O–H groups in total. The van der Waals surface area contributed by atoms with Gasteiger partial charge in [-0.1, -0.05) is 41.8 Å². The summed E-state index contributed by atoms with van der Waals surface area (Å²) in [5, 5.41) is -0.347. The van der Waals surface area contributed by atoms with Crippen molar-refractivity contribution in [2.24, 2.45) is 0 Å². The van der Waals surface area contributed by atoms with Crippen LogP contribution in [0.1, 0.15) is 16.2 Å². The van der Waals surface area contributed by atoms with Crippen LogP contribution in [0.5, 0.6) is 0 Å². The molecule has 0 spiro atoms. The molecule has 1 aromatic carbocycles. The number of hydrogen-bond acceptors (Lipinski definition) is 4. The van der Waals surface area contributed by atoms with E-state index in [-0.39, 0.29) is 40.2 Å². The first-order valence-corrected chi connectivity index (χ1v) is 8.89. The molecule has 2 aromatic heterocycles. The third kappa shape index (κ3) is 4.45. The second-order valence-corrected chi connectivity index (χ2v) is 6.39. The number of para-hydroxylation sites is 1. The number of benzene rings is 1. The number of carbonyl (C=O) groups excluding carboxylic acids is 1. The van der Waals surface area contributed by atoms with Gasteiger partial charge in [-0.2, -0.15) is 0 Å². The number of carbonyl (C=O) groups is 1. The van der Waals surface area contributed by atoms with Crippen molar-refractivity contribution in [1.29, 1.82) is 0 Å². The maximum atomic E-state index is 13.3. The summed E-state index contributed by atoms with van der Waals surface area (Å²) in [6, 6.07) is 14.5. The van der Waals surface area contributed by atoms with Gasteiger partial charge in [-0.25, -0.2) is 9.37 Å². The molecule has 3 rings (SSSR count). The lowest BCUT2D eigenvalue weighted by molar-refractivity contribution is 0.0983. The van der Waals surface area contributed by atoms with E-state index in [0.29, 0.717) is 5.69 Å². The molecular weight excluding hydrogens is 395 g/mol. The highest BCUT2D eigenvalue weighted by molar-refractivity contribution is 6.29. The number of halogens is 2. The molecule has 29 heavy (non-hydrogen) atoms. The zero-order valence-corrected chi connectivity index (χ0v) is 16.2. The molecule has 0 aliphatic carbocycles. The van der Waals surface area contributed by atoms with Crippen molar-refractivity contribution in [3.63, 3.8) is 0 Å². The van der Waals surface area contributed by atoms with E-state index >= 15 is 0 Å². The zero-order valence-electron chi connectivity index (χ0n) is 15.4. The van der Waals surface area contributed by atoms with Gasteiger partial charge in [-0.05, 0) is 24.1 Å². The number of pyridine rings is 2. The highest BCUT2D eigenvalue weighted by Gasteiger charge is 2.17. The van der Waals surface area contributed by atoms with Crippen LogP contribution in [0.15, 0.2) is 59.4 Å². The Morgan fingerprint density at radius 1 is 1.24 bits per heavy atom. The quantitative estimate of drug-likeness (QED) is 0.531. The normalized spacial score (nSPS) is 10.2. The zero-order chi connectivity index (χ0) is 21.0. The second-order valence-electron chi connectivity index (χ2n) is 6.04. The standard InChI is InChI=1S/C21H16ClFN4O2/c1-26(14-7-3-2-4-8-14)21(29)18-10-5-11-19(28)27(18)12-6-9-17-16(24)13-15(23)20(22)25-17/h2-5,7-8,10-11,13H,12,24H2,1H3. The fourth-order valence-corrected chi connectivity index (χ4v) is 2.73. The predicted molar refractivity (Wildman–Crippen MR) is 110 cm³/mol. The Morgan fingerprint density at radius 3 is 2.69 bits per heavy atom. The highest BCUT2D eigenvalue weighted by Crippen LogP contribution is 2.17. The monoisotopic (exact) mass is 410 g/mol. The molecule has 0 saturated heterocycles. The lowest BCUT2D eigenvalue weighted by Gasteiger charge is -2.19. The summed E-state index contributed by atoms with van der Waals surface area (Å²) in [7, 11) is 1.62. The summed E-state index contributed by atoms with van der Waals surface area (Å²) < 4.78 is 14.6. The smallest absolute Gasteiger partial charge is 0.274 e. The number of nitrogens with two attached hydrogens (primary N) is 1. The van der Waals surface area contributed by atoms with E-state index in [1.165, 1.54) is 21.6 Å². The average molecular weight is 411 g/mol. The van der Waals surface area contributed by atoms with E-state index in [0.717, 1.165) is 6.07 Å². The number of nitrogens with zero attached hydrogens (tertiary/aromatic N) is 3. The van der Waals surface area contributed by atoms with Gasteiger partial charge in [0.15, 0.2) is 11.0 Å². The first-order chi connectivity index (χ1) is 13.9. The van der Waals surface area contributed by atoms with Crippen LogP contribution in [0.2, 0.25) is 5.15 Å². The molecule has 0 atom stereocenters. The maximum Gasteiger partial charge on any atom is 0.274 e. The van der Waals surface area contributed by atoms with Crippen LogP contribution in [0.3, 0.4) is 0 Å². The maximum absolute atomic E-state index is 13.3. The van der Waals surface area contributed by atoms with Crippen LogP contribution < -0.4 is 16.2 Å². The Labute approximate surface area is 171 Å². The molecular formula is C21H16ClFN4O2. The Morgan fingerprint density at radius 2 is 1.97 bits per heavy atom. The number of aromatic nitrogens is 2. The predicted octanol–water partition coefficient (Wildman–Crippen LogP) is 2.95. The Balaban J connectivity index is 1.92. The SMILES string of the molecule is CN(C(=O)c1cccc(=O)n1CC#Cc1nc(Cl)c(F)cc1N)c1ccccc1. The summed E-state index contributed by atoms with van der Waals surface area (Å²) in [5.74, 6) is 4.29. The molecule has 0 saturated carbocycles. The van der Waals surface area contributed by atoms with Crippen LogP contribution in [0, 0.1) is 17.7 Å². The van der Waals surface area contributed by atoms with E-state index in [2.05, 4.69) is 16.8 Å². The summed E-state index contributed by atoms with van der Waals surface area (Å²) in [4.78, 5) is 30.5. The largest absolute Gasteiger partial charge is 0.396 e. The third-order valence-electron chi connectivity index (χ3n) is 4.12. The lowest BCUT2D eigenvalue weighted by Crippen LogP contribution is -2.33.